The van der Waals surface area contributed by atoms with Crippen LogP contribution in [-0.2, 0) is 26.3 Å². The minimum absolute atomic E-state index is 0.0247. The molecule has 0 radical (unpaired) electrons. The maximum atomic E-state index is 13.8. The smallest absolute Gasteiger partial charge is 0.241 e. The van der Waals surface area contributed by atoms with E-state index in [0.717, 1.165) is 37.1 Å². The molecule has 0 bridgehead atoms. The topological polar surface area (TPSA) is 75.5 Å². The van der Waals surface area contributed by atoms with Gasteiger partial charge in [0, 0.05) is 43.2 Å². The van der Waals surface area contributed by atoms with Crippen molar-refractivity contribution in [2.45, 2.75) is 70.4 Å². The van der Waals surface area contributed by atoms with Gasteiger partial charge in [0.1, 0.15) is 0 Å². The summed E-state index contributed by atoms with van der Waals surface area (Å²) < 4.78 is 1.87. The van der Waals surface area contributed by atoms with E-state index in [1.165, 1.54) is 4.90 Å². The quantitative estimate of drug-likeness (QED) is 0.579. The molecule has 176 valence electrons. The van der Waals surface area contributed by atoms with E-state index in [9.17, 15) is 14.4 Å². The fourth-order valence-electron chi connectivity index (χ4n) is 5.25. The molecule has 1 aliphatic heterocycles. The third-order valence-electron chi connectivity index (χ3n) is 7.06. The van der Waals surface area contributed by atoms with Crippen molar-refractivity contribution in [2.24, 2.45) is 0 Å². The molecule has 0 spiro atoms. The van der Waals surface area contributed by atoms with E-state index in [4.69, 9.17) is 11.6 Å². The number of imide groups is 1. The van der Waals surface area contributed by atoms with Crippen molar-refractivity contribution < 1.29 is 14.4 Å². The van der Waals surface area contributed by atoms with Crippen LogP contribution in [0.5, 0.6) is 0 Å². The molecule has 1 atom stereocenters. The summed E-state index contributed by atoms with van der Waals surface area (Å²) in [6, 6.07) is 9.00. The number of halogens is 1. The van der Waals surface area contributed by atoms with Crippen molar-refractivity contribution in [1.82, 2.24) is 19.6 Å². The standard InChI is InChI=1S/C25H31ClN4O3/c1-17-14-18(2)29(27-17)13-12-28(3)22(31)15-25(20-10-6-7-11-21(20)26)16-23(32)30(24(25)33)19-8-4-5-9-19/h6-7,10-11,14,19H,4-5,8-9,12-13,15-16H2,1-3H3. The highest BCUT2D eigenvalue weighted by molar-refractivity contribution is 6.32. The molecule has 1 saturated heterocycles. The minimum Gasteiger partial charge on any atom is -0.344 e. The minimum atomic E-state index is -1.26. The lowest BCUT2D eigenvalue weighted by Gasteiger charge is -2.31. The average molecular weight is 471 g/mol. The highest BCUT2D eigenvalue weighted by Gasteiger charge is 2.56. The summed E-state index contributed by atoms with van der Waals surface area (Å²) in [6.45, 7) is 4.93. The van der Waals surface area contributed by atoms with Crippen molar-refractivity contribution in [3.05, 3.63) is 52.3 Å². The van der Waals surface area contributed by atoms with Gasteiger partial charge in [-0.15, -0.1) is 0 Å². The Labute approximate surface area is 199 Å². The molecule has 0 N–H and O–H groups in total. The molecular formula is C25H31ClN4O3. The summed E-state index contributed by atoms with van der Waals surface area (Å²) >= 11 is 6.52. The number of hydrogen-bond donors (Lipinski definition) is 0. The highest BCUT2D eigenvalue weighted by Crippen LogP contribution is 2.45. The molecule has 1 aliphatic carbocycles. The second-order valence-electron chi connectivity index (χ2n) is 9.39. The van der Waals surface area contributed by atoms with Gasteiger partial charge in [-0.3, -0.25) is 24.0 Å². The zero-order valence-corrected chi connectivity index (χ0v) is 20.3. The third-order valence-corrected chi connectivity index (χ3v) is 7.39. The average Bonchev–Trinajstić information content (AvgIpc) is 3.46. The van der Waals surface area contributed by atoms with Crippen molar-refractivity contribution in [3.63, 3.8) is 0 Å². The number of aromatic nitrogens is 2. The molecule has 7 nitrogen and oxygen atoms in total. The predicted octanol–water partition coefficient (Wildman–Crippen LogP) is 3.64. The van der Waals surface area contributed by atoms with Crippen LogP contribution in [0.2, 0.25) is 5.02 Å². The molecule has 2 fully saturated rings. The number of likely N-dealkylation sites (tertiary alicyclic amines) is 1. The Hall–Kier alpha value is -2.67. The molecule has 1 unspecified atom stereocenters. The van der Waals surface area contributed by atoms with Crippen molar-refractivity contribution in [2.75, 3.05) is 13.6 Å². The molecule has 1 aromatic heterocycles. The van der Waals surface area contributed by atoms with Crippen LogP contribution in [0.1, 0.15) is 55.5 Å². The number of carbonyl (C=O) groups is 3. The summed E-state index contributed by atoms with van der Waals surface area (Å²) in [4.78, 5) is 43.3. The Morgan fingerprint density at radius 3 is 2.55 bits per heavy atom. The Morgan fingerprint density at radius 1 is 1.21 bits per heavy atom. The lowest BCUT2D eigenvalue weighted by Crippen LogP contribution is -2.45. The van der Waals surface area contributed by atoms with E-state index < -0.39 is 5.41 Å². The molecule has 2 aromatic rings. The second kappa shape index (κ2) is 9.29. The van der Waals surface area contributed by atoms with Gasteiger partial charge in [0.25, 0.3) is 0 Å². The van der Waals surface area contributed by atoms with E-state index in [1.54, 1.807) is 36.2 Å². The zero-order valence-electron chi connectivity index (χ0n) is 19.5. The van der Waals surface area contributed by atoms with Gasteiger partial charge in [-0.25, -0.2) is 0 Å². The van der Waals surface area contributed by atoms with E-state index in [0.29, 0.717) is 23.7 Å². The molecule has 2 heterocycles. The van der Waals surface area contributed by atoms with Crippen LogP contribution in [-0.4, -0.2) is 56.9 Å². The Bertz CT molecular complexity index is 1080. The number of carbonyl (C=O) groups excluding carboxylic acids is 3. The van der Waals surface area contributed by atoms with Crippen molar-refractivity contribution in [3.8, 4) is 0 Å². The first-order valence-corrected chi connectivity index (χ1v) is 12.0. The first-order valence-electron chi connectivity index (χ1n) is 11.6. The lowest BCUT2D eigenvalue weighted by molar-refractivity contribution is -0.144. The van der Waals surface area contributed by atoms with Gasteiger partial charge in [0.2, 0.25) is 17.7 Å². The van der Waals surface area contributed by atoms with Crippen LogP contribution in [0.3, 0.4) is 0 Å². The van der Waals surface area contributed by atoms with Gasteiger partial charge in [-0.1, -0.05) is 42.6 Å². The van der Waals surface area contributed by atoms with Gasteiger partial charge in [0.15, 0.2) is 0 Å². The van der Waals surface area contributed by atoms with Gasteiger partial charge in [-0.2, -0.15) is 5.10 Å². The van der Waals surface area contributed by atoms with Gasteiger partial charge in [-0.05, 0) is 44.4 Å². The third kappa shape index (κ3) is 4.43. The molecule has 1 aromatic carbocycles. The molecule has 2 aliphatic rings. The first-order chi connectivity index (χ1) is 15.7. The number of likely N-dealkylation sites (N-methyl/N-ethyl adjacent to an activating group) is 1. The van der Waals surface area contributed by atoms with E-state index in [2.05, 4.69) is 5.10 Å². The van der Waals surface area contributed by atoms with Crippen LogP contribution < -0.4 is 0 Å². The monoisotopic (exact) mass is 470 g/mol. The Morgan fingerprint density at radius 2 is 1.91 bits per heavy atom. The van der Waals surface area contributed by atoms with Crippen LogP contribution in [0.25, 0.3) is 0 Å². The molecule has 3 amide bonds. The van der Waals surface area contributed by atoms with Crippen LogP contribution in [0.4, 0.5) is 0 Å². The number of rotatable bonds is 7. The summed E-state index contributed by atoms with van der Waals surface area (Å²) in [5.41, 5.74) is 1.26. The molecule has 33 heavy (non-hydrogen) atoms. The predicted molar refractivity (Wildman–Crippen MR) is 126 cm³/mol. The molecular weight excluding hydrogens is 440 g/mol. The number of amides is 3. The summed E-state index contributed by atoms with van der Waals surface area (Å²) in [6.07, 6.45) is 3.56. The maximum Gasteiger partial charge on any atom is 0.241 e. The summed E-state index contributed by atoms with van der Waals surface area (Å²) in [7, 11) is 1.73. The van der Waals surface area contributed by atoms with Crippen LogP contribution in [0, 0.1) is 13.8 Å². The van der Waals surface area contributed by atoms with Crippen LogP contribution in [0.15, 0.2) is 30.3 Å². The Balaban J connectivity index is 1.59. The number of aryl methyl sites for hydroxylation is 2. The highest BCUT2D eigenvalue weighted by atomic mass is 35.5. The normalized spacial score (nSPS) is 21.3. The zero-order chi connectivity index (χ0) is 23.8. The largest absolute Gasteiger partial charge is 0.344 e. The fraction of sp³-hybridized carbons (Fsp3) is 0.520. The lowest BCUT2D eigenvalue weighted by atomic mass is 9.75. The van der Waals surface area contributed by atoms with Crippen molar-refractivity contribution in [1.29, 1.82) is 0 Å². The Kier molecular flexibility index (Phi) is 6.61. The number of nitrogens with zero attached hydrogens (tertiary/aromatic N) is 4. The summed E-state index contributed by atoms with van der Waals surface area (Å²) in [5.74, 6) is -0.677. The first kappa shape index (κ1) is 23.5. The van der Waals surface area contributed by atoms with E-state index in [-0.39, 0.29) is 36.6 Å². The van der Waals surface area contributed by atoms with Crippen LogP contribution >= 0.6 is 11.6 Å². The fourth-order valence-corrected chi connectivity index (χ4v) is 5.57. The number of hydrogen-bond acceptors (Lipinski definition) is 4. The maximum absolute atomic E-state index is 13.8. The number of benzene rings is 1. The second-order valence-corrected chi connectivity index (χ2v) is 9.80. The van der Waals surface area contributed by atoms with Gasteiger partial charge < -0.3 is 4.90 Å². The van der Waals surface area contributed by atoms with E-state index >= 15 is 0 Å². The molecule has 8 heteroatoms. The van der Waals surface area contributed by atoms with Crippen molar-refractivity contribution >= 4 is 29.3 Å². The van der Waals surface area contributed by atoms with E-state index in [1.807, 2.05) is 24.6 Å². The summed E-state index contributed by atoms with van der Waals surface area (Å²) in [5, 5.41) is 4.86. The van der Waals surface area contributed by atoms with Gasteiger partial charge in [0.05, 0.1) is 17.7 Å². The van der Waals surface area contributed by atoms with Gasteiger partial charge >= 0.3 is 0 Å². The SMILES string of the molecule is Cc1cc(C)n(CCN(C)C(=O)CC2(c3ccccc3Cl)CC(=O)N(C3CCCC3)C2=O)n1. The molecule has 1 saturated carbocycles. The molecule has 4 rings (SSSR count).